The van der Waals surface area contributed by atoms with E-state index in [9.17, 15) is 14.7 Å². The van der Waals surface area contributed by atoms with Crippen LogP contribution < -0.4 is 10.6 Å². The molecule has 1 aliphatic heterocycles. The number of carboxylic acid groups (broad SMARTS) is 1. The second kappa shape index (κ2) is 9.51. The third kappa shape index (κ3) is 4.62. The molecule has 0 bridgehead atoms. The van der Waals surface area contributed by atoms with Crippen LogP contribution in [0.2, 0.25) is 0 Å². The van der Waals surface area contributed by atoms with Gasteiger partial charge in [-0.05, 0) is 38.3 Å². The Morgan fingerprint density at radius 3 is 2.91 bits per heavy atom. The topological polar surface area (TPSA) is 107 Å². The van der Waals surface area contributed by atoms with Gasteiger partial charge in [0.05, 0.1) is 17.4 Å². The maximum Gasteiger partial charge on any atom is 0.407 e. The van der Waals surface area contributed by atoms with E-state index in [2.05, 4.69) is 29.5 Å². The number of thiophene rings is 1. The van der Waals surface area contributed by atoms with Crippen LogP contribution in [0.3, 0.4) is 0 Å². The maximum absolute atomic E-state index is 12.7. The van der Waals surface area contributed by atoms with Crippen molar-refractivity contribution >= 4 is 49.9 Å². The zero-order valence-electron chi connectivity index (χ0n) is 18.3. The molecule has 0 aliphatic carbocycles. The van der Waals surface area contributed by atoms with E-state index in [0.29, 0.717) is 32.0 Å². The zero-order chi connectivity index (χ0) is 22.8. The Morgan fingerprint density at radius 1 is 1.38 bits per heavy atom. The van der Waals surface area contributed by atoms with E-state index in [-0.39, 0.29) is 11.9 Å². The van der Waals surface area contributed by atoms with Gasteiger partial charge in [0.25, 0.3) is 0 Å². The van der Waals surface area contributed by atoms with Gasteiger partial charge in [-0.3, -0.25) is 9.78 Å². The van der Waals surface area contributed by atoms with Crippen LogP contribution in [0, 0.1) is 0 Å². The van der Waals surface area contributed by atoms with Gasteiger partial charge in [0.2, 0.25) is 5.91 Å². The Hall–Kier alpha value is -2.56. The van der Waals surface area contributed by atoms with Crippen LogP contribution in [0.25, 0.3) is 20.8 Å². The van der Waals surface area contributed by atoms with Gasteiger partial charge in [0, 0.05) is 41.7 Å². The van der Waals surface area contributed by atoms with Gasteiger partial charge in [-0.2, -0.15) is 0 Å². The Labute approximate surface area is 194 Å². The molecule has 2 amide bonds. The van der Waals surface area contributed by atoms with Gasteiger partial charge in [0.1, 0.15) is 15.5 Å². The number of carbonyl (C=O) groups excluding carboxylic acids is 1. The molecule has 1 unspecified atom stereocenters. The SMILES string of the molecule is CC[C@H](C)NCCC(=O)Nc1sc2c(c1-c1nc3cnccc3s1)CC(C)N(C(=O)O)C2. The number of anilines is 1. The van der Waals surface area contributed by atoms with E-state index in [1.807, 2.05) is 13.0 Å². The van der Waals surface area contributed by atoms with Crippen molar-refractivity contribution in [3.63, 3.8) is 0 Å². The number of hydrogen-bond acceptors (Lipinski definition) is 7. The molecule has 8 nitrogen and oxygen atoms in total. The predicted molar refractivity (Wildman–Crippen MR) is 128 cm³/mol. The summed E-state index contributed by atoms with van der Waals surface area (Å²) in [6.07, 6.45) is 4.52. The molecule has 4 heterocycles. The second-order valence-electron chi connectivity index (χ2n) is 8.10. The molecular formula is C22H27N5O3S2. The third-order valence-corrected chi connectivity index (χ3v) is 7.98. The number of carbonyl (C=O) groups is 2. The van der Waals surface area contributed by atoms with E-state index < -0.39 is 6.09 Å². The summed E-state index contributed by atoms with van der Waals surface area (Å²) >= 11 is 3.02. The monoisotopic (exact) mass is 473 g/mol. The molecule has 3 N–H and O–H groups in total. The highest BCUT2D eigenvalue weighted by Gasteiger charge is 2.33. The van der Waals surface area contributed by atoms with E-state index >= 15 is 0 Å². The fourth-order valence-corrected chi connectivity index (χ4v) is 6.12. The number of thiazole rings is 1. The van der Waals surface area contributed by atoms with Gasteiger partial charge in [-0.15, -0.1) is 22.7 Å². The maximum atomic E-state index is 12.7. The molecule has 32 heavy (non-hydrogen) atoms. The van der Waals surface area contributed by atoms with Crippen molar-refractivity contribution in [2.75, 3.05) is 11.9 Å². The number of rotatable bonds is 7. The standard InChI is InChI=1S/C22H27N5O3S2/c1-4-12(2)24-8-6-18(28)26-21-19(20-25-15-10-23-7-5-16(15)31-20)14-9-13(3)27(22(29)30)11-17(14)32-21/h5,7,10,12-13,24H,4,6,8-9,11H2,1-3H3,(H,26,28)(H,29,30)/t12-,13?/m0/s1. The van der Waals surface area contributed by atoms with E-state index in [1.54, 1.807) is 23.7 Å². The molecular weight excluding hydrogens is 446 g/mol. The molecule has 3 aromatic rings. The van der Waals surface area contributed by atoms with Gasteiger partial charge in [0.15, 0.2) is 0 Å². The molecule has 0 saturated heterocycles. The number of pyridine rings is 1. The van der Waals surface area contributed by atoms with Crippen LogP contribution in [0.15, 0.2) is 18.5 Å². The van der Waals surface area contributed by atoms with E-state index in [0.717, 1.165) is 42.7 Å². The summed E-state index contributed by atoms with van der Waals surface area (Å²) in [5.41, 5.74) is 2.82. The first-order valence-corrected chi connectivity index (χ1v) is 12.4. The first kappa shape index (κ1) is 22.6. The summed E-state index contributed by atoms with van der Waals surface area (Å²) in [5, 5.41) is 17.6. The summed E-state index contributed by atoms with van der Waals surface area (Å²) in [6.45, 7) is 7.05. The number of fused-ring (bicyclic) bond motifs is 2. The lowest BCUT2D eigenvalue weighted by molar-refractivity contribution is -0.116. The van der Waals surface area contributed by atoms with Crippen molar-refractivity contribution in [3.05, 3.63) is 28.9 Å². The molecule has 4 rings (SSSR count). The van der Waals surface area contributed by atoms with Gasteiger partial charge in [-0.25, -0.2) is 9.78 Å². The van der Waals surface area contributed by atoms with Crippen LogP contribution in [-0.4, -0.2) is 50.6 Å². The summed E-state index contributed by atoms with van der Waals surface area (Å²) in [7, 11) is 0. The number of aromatic nitrogens is 2. The van der Waals surface area contributed by atoms with Crippen LogP contribution in [0.1, 0.15) is 44.1 Å². The highest BCUT2D eigenvalue weighted by atomic mass is 32.1. The van der Waals surface area contributed by atoms with Crippen molar-refractivity contribution in [2.45, 2.75) is 58.7 Å². The minimum Gasteiger partial charge on any atom is -0.465 e. The highest BCUT2D eigenvalue weighted by Crippen LogP contribution is 2.46. The van der Waals surface area contributed by atoms with Crippen LogP contribution in [0.4, 0.5) is 9.80 Å². The van der Waals surface area contributed by atoms with Gasteiger partial charge >= 0.3 is 6.09 Å². The van der Waals surface area contributed by atoms with E-state index in [4.69, 9.17) is 4.98 Å². The molecule has 0 aromatic carbocycles. The van der Waals surface area contributed by atoms with Gasteiger partial charge < -0.3 is 20.6 Å². The number of nitrogens with zero attached hydrogens (tertiary/aromatic N) is 3. The number of nitrogens with one attached hydrogen (secondary N) is 2. The first-order valence-electron chi connectivity index (χ1n) is 10.8. The fourth-order valence-electron chi connectivity index (χ4n) is 3.79. The van der Waals surface area contributed by atoms with Crippen LogP contribution >= 0.6 is 22.7 Å². The molecule has 170 valence electrons. The molecule has 0 saturated carbocycles. The average Bonchev–Trinajstić information content (AvgIpc) is 3.32. The highest BCUT2D eigenvalue weighted by molar-refractivity contribution is 7.22. The minimum absolute atomic E-state index is 0.0634. The van der Waals surface area contributed by atoms with Crippen molar-refractivity contribution in [2.24, 2.45) is 0 Å². The largest absolute Gasteiger partial charge is 0.465 e. The van der Waals surface area contributed by atoms with Crippen LogP contribution in [-0.2, 0) is 17.8 Å². The molecule has 2 atom stereocenters. The molecule has 10 heteroatoms. The van der Waals surface area contributed by atoms with Crippen molar-refractivity contribution in [1.29, 1.82) is 0 Å². The fraction of sp³-hybridized carbons (Fsp3) is 0.455. The second-order valence-corrected chi connectivity index (χ2v) is 10.2. The third-order valence-electron chi connectivity index (χ3n) is 5.80. The molecule has 0 radical (unpaired) electrons. The lowest BCUT2D eigenvalue weighted by Gasteiger charge is -2.31. The van der Waals surface area contributed by atoms with E-state index in [1.165, 1.54) is 16.2 Å². The molecule has 0 spiro atoms. The first-order chi connectivity index (χ1) is 15.4. The number of hydrogen-bond donors (Lipinski definition) is 3. The summed E-state index contributed by atoms with van der Waals surface area (Å²) in [5.74, 6) is -0.0634. The summed E-state index contributed by atoms with van der Waals surface area (Å²) in [6, 6.07) is 2.16. The summed E-state index contributed by atoms with van der Waals surface area (Å²) in [4.78, 5) is 35.7. The van der Waals surface area contributed by atoms with Crippen molar-refractivity contribution in [1.82, 2.24) is 20.2 Å². The molecule has 0 fully saturated rings. The van der Waals surface area contributed by atoms with Crippen molar-refractivity contribution < 1.29 is 14.7 Å². The lowest BCUT2D eigenvalue weighted by atomic mass is 9.98. The average molecular weight is 474 g/mol. The predicted octanol–water partition coefficient (Wildman–Crippen LogP) is 4.56. The Bertz CT molecular complexity index is 1110. The molecule has 1 aliphatic rings. The van der Waals surface area contributed by atoms with Gasteiger partial charge in [-0.1, -0.05) is 6.92 Å². The minimum atomic E-state index is -0.925. The Kier molecular flexibility index (Phi) is 6.73. The Morgan fingerprint density at radius 2 is 2.19 bits per heavy atom. The van der Waals surface area contributed by atoms with Crippen molar-refractivity contribution in [3.8, 4) is 10.6 Å². The van der Waals surface area contributed by atoms with Crippen LogP contribution in [0.5, 0.6) is 0 Å². The lowest BCUT2D eigenvalue weighted by Crippen LogP contribution is -2.41. The quantitative estimate of drug-likeness (QED) is 0.464. The number of amides is 2. The summed E-state index contributed by atoms with van der Waals surface area (Å²) < 4.78 is 1.03. The molecule has 3 aromatic heterocycles. The smallest absolute Gasteiger partial charge is 0.407 e. The normalized spacial score (nSPS) is 16.7. The zero-order valence-corrected chi connectivity index (χ0v) is 20.0. The Balaban J connectivity index is 1.67.